The summed E-state index contributed by atoms with van der Waals surface area (Å²) in [5.41, 5.74) is 3.82. The number of aliphatic hydroxyl groups excluding tert-OH is 1. The molecule has 3 N–H and O–H groups in total. The molecule has 3 aliphatic rings. The Morgan fingerprint density at radius 3 is 2.63 bits per heavy atom. The van der Waals surface area contributed by atoms with Crippen molar-refractivity contribution in [1.29, 1.82) is 0 Å². The summed E-state index contributed by atoms with van der Waals surface area (Å²) in [6.45, 7) is 7.87. The van der Waals surface area contributed by atoms with Crippen LogP contribution in [0.15, 0.2) is 48.6 Å². The van der Waals surface area contributed by atoms with Crippen LogP contribution in [0.5, 0.6) is 5.75 Å². The van der Waals surface area contributed by atoms with Gasteiger partial charge in [-0.2, -0.15) is 0 Å². The van der Waals surface area contributed by atoms with Gasteiger partial charge in [0.25, 0.3) is 0 Å². The first-order valence-electron chi connectivity index (χ1n) is 18.3. The lowest BCUT2D eigenvalue weighted by atomic mass is 9.70. The molecule has 5 unspecified atom stereocenters. The highest BCUT2D eigenvalue weighted by molar-refractivity contribution is 7.94. The SMILES string of the molecule is CCCc1cc(Cl)ccc1C1COc2ccc(C(O)C(=O)OC3CCN(SN)CC3)cc2N(CC2CCC2C(/C=C/CCN(C)C(C)=O)OC)C1. The van der Waals surface area contributed by atoms with Gasteiger partial charge in [0, 0.05) is 76.9 Å². The van der Waals surface area contributed by atoms with E-state index in [9.17, 15) is 14.7 Å². The topological polar surface area (TPSA) is 118 Å². The molecule has 1 amide bonds. The van der Waals surface area contributed by atoms with Gasteiger partial charge in [0.15, 0.2) is 6.10 Å². The molecule has 5 atom stereocenters. The van der Waals surface area contributed by atoms with Gasteiger partial charge < -0.3 is 29.1 Å². The number of ether oxygens (including phenoxy) is 3. The van der Waals surface area contributed by atoms with E-state index in [4.69, 9.17) is 31.0 Å². The number of piperidine rings is 1. The Morgan fingerprint density at radius 1 is 1.18 bits per heavy atom. The van der Waals surface area contributed by atoms with Crippen LogP contribution in [0.2, 0.25) is 5.02 Å². The van der Waals surface area contributed by atoms with Crippen molar-refractivity contribution in [3.63, 3.8) is 0 Å². The molecule has 5 rings (SSSR count). The second-order valence-electron chi connectivity index (χ2n) is 14.2. The number of hydrogen-bond donors (Lipinski definition) is 2. The maximum absolute atomic E-state index is 13.2. The number of hydrogen-bond acceptors (Lipinski definition) is 10. The number of methoxy groups -OCH3 is 1. The Labute approximate surface area is 312 Å². The van der Waals surface area contributed by atoms with Gasteiger partial charge in [-0.25, -0.2) is 9.10 Å². The number of rotatable bonds is 15. The van der Waals surface area contributed by atoms with Crippen LogP contribution in [0.25, 0.3) is 0 Å². The first kappa shape index (κ1) is 39.4. The molecule has 2 aromatic rings. The number of anilines is 1. The van der Waals surface area contributed by atoms with Crippen LogP contribution in [0.3, 0.4) is 0 Å². The Hall–Kier alpha value is -2.80. The smallest absolute Gasteiger partial charge is 0.339 e. The van der Waals surface area contributed by atoms with Crippen molar-refractivity contribution in [2.75, 3.05) is 58.4 Å². The fourth-order valence-corrected chi connectivity index (χ4v) is 8.13. The van der Waals surface area contributed by atoms with Crippen molar-refractivity contribution in [2.24, 2.45) is 17.0 Å². The molecule has 0 spiro atoms. The zero-order valence-corrected chi connectivity index (χ0v) is 32.0. The maximum Gasteiger partial charge on any atom is 0.339 e. The highest BCUT2D eigenvalue weighted by atomic mass is 35.5. The third-order valence-corrected chi connectivity index (χ3v) is 11.7. The molecule has 2 heterocycles. The number of amides is 1. The van der Waals surface area contributed by atoms with Crippen molar-refractivity contribution in [2.45, 2.75) is 83.0 Å². The highest BCUT2D eigenvalue weighted by Gasteiger charge is 2.39. The van der Waals surface area contributed by atoms with Gasteiger partial charge in [-0.15, -0.1) is 0 Å². The van der Waals surface area contributed by atoms with Crippen LogP contribution in [0.4, 0.5) is 5.69 Å². The summed E-state index contributed by atoms with van der Waals surface area (Å²) in [5, 5.41) is 17.7. The van der Waals surface area contributed by atoms with Crippen LogP contribution in [0, 0.1) is 11.8 Å². The third-order valence-electron chi connectivity index (χ3n) is 10.8. The number of halogens is 1. The van der Waals surface area contributed by atoms with E-state index in [0.29, 0.717) is 49.9 Å². The number of aliphatic hydroxyl groups is 1. The summed E-state index contributed by atoms with van der Waals surface area (Å²) in [4.78, 5) is 28.9. The van der Waals surface area contributed by atoms with Gasteiger partial charge in [0.2, 0.25) is 5.91 Å². The summed E-state index contributed by atoms with van der Waals surface area (Å²) in [6, 6.07) is 11.7. The molecule has 1 aliphatic carbocycles. The monoisotopic (exact) mass is 742 g/mol. The van der Waals surface area contributed by atoms with Crippen molar-refractivity contribution < 1.29 is 28.9 Å². The molecule has 2 aromatic carbocycles. The third kappa shape index (κ3) is 10.2. The average molecular weight is 743 g/mol. The molecule has 280 valence electrons. The number of fused-ring (bicyclic) bond motifs is 1. The molecule has 0 radical (unpaired) electrons. The molecule has 12 heteroatoms. The number of nitrogens with zero attached hydrogens (tertiary/aromatic N) is 3. The molecular weight excluding hydrogens is 688 g/mol. The number of esters is 1. The molecular formula is C39H55ClN4O6S. The number of carbonyl (C=O) groups is 2. The average Bonchev–Trinajstić information content (AvgIpc) is 3.30. The highest BCUT2D eigenvalue weighted by Crippen LogP contribution is 2.43. The maximum atomic E-state index is 13.2. The lowest BCUT2D eigenvalue weighted by molar-refractivity contribution is -0.161. The number of nitrogens with two attached hydrogens (primary N) is 1. The van der Waals surface area contributed by atoms with Crippen molar-refractivity contribution >= 4 is 41.3 Å². The minimum Gasteiger partial charge on any atom is -0.491 e. The molecule has 51 heavy (non-hydrogen) atoms. The first-order valence-corrected chi connectivity index (χ1v) is 19.5. The Bertz CT molecular complexity index is 1500. The van der Waals surface area contributed by atoms with E-state index < -0.39 is 12.1 Å². The van der Waals surface area contributed by atoms with Crippen molar-refractivity contribution in [3.05, 3.63) is 70.3 Å². The Kier molecular flexibility index (Phi) is 14.5. The predicted molar refractivity (Wildman–Crippen MR) is 204 cm³/mol. The lowest BCUT2D eigenvalue weighted by Crippen LogP contribution is -2.44. The minimum atomic E-state index is -1.41. The molecule has 1 saturated heterocycles. The van der Waals surface area contributed by atoms with Crippen LogP contribution in [-0.4, -0.2) is 91.9 Å². The van der Waals surface area contributed by atoms with E-state index in [0.717, 1.165) is 68.2 Å². The summed E-state index contributed by atoms with van der Waals surface area (Å²) in [5.74, 6) is 0.933. The largest absolute Gasteiger partial charge is 0.491 e. The van der Waals surface area contributed by atoms with E-state index >= 15 is 0 Å². The zero-order valence-electron chi connectivity index (χ0n) is 30.5. The molecule has 2 fully saturated rings. The van der Waals surface area contributed by atoms with Crippen LogP contribution in [-0.2, 0) is 25.5 Å². The molecule has 2 aliphatic heterocycles. The summed E-state index contributed by atoms with van der Waals surface area (Å²) in [7, 11) is 3.58. The molecule has 0 aromatic heterocycles. The van der Waals surface area contributed by atoms with E-state index in [2.05, 4.69) is 36.1 Å². The van der Waals surface area contributed by atoms with Crippen LogP contribution < -0.4 is 14.8 Å². The van der Waals surface area contributed by atoms with Crippen LogP contribution >= 0.6 is 23.7 Å². The van der Waals surface area contributed by atoms with E-state index in [1.165, 1.54) is 23.3 Å². The Morgan fingerprint density at radius 2 is 1.96 bits per heavy atom. The van der Waals surface area contributed by atoms with Crippen molar-refractivity contribution in [3.8, 4) is 5.75 Å². The van der Waals surface area contributed by atoms with Gasteiger partial charge in [-0.1, -0.05) is 49.2 Å². The summed E-state index contributed by atoms with van der Waals surface area (Å²) in [6.07, 6.45) is 8.77. The van der Waals surface area contributed by atoms with Gasteiger partial charge >= 0.3 is 5.97 Å². The number of carbonyl (C=O) groups excluding carboxylic acids is 2. The zero-order chi connectivity index (χ0) is 36.5. The quantitative estimate of drug-likeness (QED) is 0.122. The molecule has 1 saturated carbocycles. The van der Waals surface area contributed by atoms with Crippen molar-refractivity contribution in [1.82, 2.24) is 9.21 Å². The van der Waals surface area contributed by atoms with Crippen LogP contribution in [0.1, 0.15) is 81.1 Å². The second-order valence-corrected chi connectivity index (χ2v) is 15.3. The number of benzene rings is 2. The molecule has 0 bridgehead atoms. The first-order chi connectivity index (χ1) is 24.6. The van der Waals surface area contributed by atoms with Gasteiger partial charge in [0.05, 0.1) is 18.4 Å². The van der Waals surface area contributed by atoms with E-state index in [1.54, 1.807) is 25.0 Å². The van der Waals surface area contributed by atoms with E-state index in [1.807, 2.05) is 29.6 Å². The summed E-state index contributed by atoms with van der Waals surface area (Å²) >= 11 is 7.66. The minimum absolute atomic E-state index is 0.0319. The fraction of sp³-hybridized carbons (Fsp3) is 0.590. The Balaban J connectivity index is 1.37. The predicted octanol–water partition coefficient (Wildman–Crippen LogP) is 6.30. The second kappa shape index (κ2) is 18.8. The van der Waals surface area contributed by atoms with Gasteiger partial charge in [-0.05, 0) is 91.3 Å². The normalized spacial score (nSPS) is 22.4. The lowest BCUT2D eigenvalue weighted by Gasteiger charge is -2.43. The molecule has 10 nitrogen and oxygen atoms in total. The summed E-state index contributed by atoms with van der Waals surface area (Å²) < 4.78 is 20.3. The number of aryl methyl sites for hydroxylation is 1. The van der Waals surface area contributed by atoms with Gasteiger partial charge in [-0.3, -0.25) is 9.93 Å². The standard InChI is InChI=1S/C39H55ClN4O6S/c1-5-8-27-21-31(40)12-14-33(27)30-24-43(23-29-10-13-34(29)36(48-4)9-6-7-18-42(3)26(2)45)35-22-28(11-15-37(35)49-25-30)38(46)39(47)50-32-16-19-44(51-41)20-17-32/h6,9,11-12,14-15,21-22,29-30,32,34,36,38,46H,5,7-8,10,13,16-20,23-25,41H2,1-4H3/b9-6+. The van der Waals surface area contributed by atoms with Gasteiger partial charge in [0.1, 0.15) is 11.9 Å². The fourth-order valence-electron chi connectivity index (χ4n) is 7.51. The van der Waals surface area contributed by atoms with E-state index in [-0.39, 0.29) is 24.0 Å².